The van der Waals surface area contributed by atoms with E-state index >= 15 is 0 Å². The molecule has 0 unspecified atom stereocenters. The van der Waals surface area contributed by atoms with E-state index in [0.29, 0.717) is 39.1 Å². The summed E-state index contributed by atoms with van der Waals surface area (Å²) in [6.45, 7) is 1.76. The van der Waals surface area contributed by atoms with Crippen LogP contribution in [0.25, 0.3) is 44.7 Å². The molecule has 2 aromatic carbocycles. The van der Waals surface area contributed by atoms with Crippen LogP contribution < -0.4 is 5.32 Å². The van der Waals surface area contributed by atoms with Crippen molar-refractivity contribution in [1.82, 2.24) is 29.5 Å². The molecule has 1 N–H and O–H groups in total. The first-order valence-corrected chi connectivity index (χ1v) is 10.9. The maximum Gasteiger partial charge on any atom is 0.224 e. The molecule has 3 aromatic heterocycles. The fourth-order valence-electron chi connectivity index (χ4n) is 4.00. The Kier molecular flexibility index (Phi) is 5.56. The number of aryl methyl sites for hydroxylation is 2. The molecular formula is C25H21F2N7O. The van der Waals surface area contributed by atoms with Crippen molar-refractivity contribution in [3.63, 3.8) is 0 Å². The third-order valence-electron chi connectivity index (χ3n) is 5.64. The largest absolute Gasteiger partial charge is 0.325 e. The van der Waals surface area contributed by atoms with Crippen molar-refractivity contribution in [2.24, 2.45) is 14.1 Å². The molecule has 1 amide bonds. The molecule has 0 aliphatic carbocycles. The molecular weight excluding hydrogens is 452 g/mol. The van der Waals surface area contributed by atoms with Gasteiger partial charge in [0.15, 0.2) is 0 Å². The number of benzene rings is 2. The van der Waals surface area contributed by atoms with Crippen molar-refractivity contribution >= 4 is 22.5 Å². The Hall–Kier alpha value is -4.47. The molecule has 0 saturated heterocycles. The van der Waals surface area contributed by atoms with Crippen LogP contribution in [0.15, 0.2) is 55.1 Å². The maximum absolute atomic E-state index is 14.7. The first-order valence-electron chi connectivity index (χ1n) is 10.9. The first kappa shape index (κ1) is 22.3. The standard InChI is InChI=1S/C25H21F2N7O/c1-4-22(35)30-21-11-15-20(10-14(21)19-8-9-33(2)31-19)28-13-29-24(15)16-12-34(3)32-25(16)23-17(26)6-5-7-18(23)27/h5-13H,4H2,1-3H3,(H,30,35). The number of amides is 1. The predicted molar refractivity (Wildman–Crippen MR) is 128 cm³/mol. The summed E-state index contributed by atoms with van der Waals surface area (Å²) in [6, 6.07) is 9.09. The second-order valence-electron chi connectivity index (χ2n) is 8.08. The van der Waals surface area contributed by atoms with Gasteiger partial charge in [0.1, 0.15) is 23.7 Å². The van der Waals surface area contributed by atoms with Crippen LogP contribution >= 0.6 is 0 Å². The van der Waals surface area contributed by atoms with Gasteiger partial charge in [-0.15, -0.1) is 0 Å². The lowest BCUT2D eigenvalue weighted by Crippen LogP contribution is -2.10. The van der Waals surface area contributed by atoms with Crippen molar-refractivity contribution in [2.45, 2.75) is 13.3 Å². The minimum absolute atomic E-state index is 0.121. The highest BCUT2D eigenvalue weighted by molar-refractivity contribution is 6.04. The summed E-state index contributed by atoms with van der Waals surface area (Å²) >= 11 is 0. The molecule has 0 bridgehead atoms. The van der Waals surface area contributed by atoms with E-state index in [9.17, 15) is 13.6 Å². The quantitative estimate of drug-likeness (QED) is 0.399. The number of carbonyl (C=O) groups is 1. The number of hydrogen-bond donors (Lipinski definition) is 1. The van der Waals surface area contributed by atoms with Crippen LogP contribution in [0.1, 0.15) is 13.3 Å². The highest BCUT2D eigenvalue weighted by atomic mass is 19.1. The van der Waals surface area contributed by atoms with Gasteiger partial charge in [-0.1, -0.05) is 13.0 Å². The van der Waals surface area contributed by atoms with E-state index in [0.717, 1.165) is 0 Å². The molecule has 0 aliphatic rings. The molecule has 0 spiro atoms. The van der Waals surface area contributed by atoms with Crippen molar-refractivity contribution in [1.29, 1.82) is 0 Å². The lowest BCUT2D eigenvalue weighted by molar-refractivity contribution is -0.115. The Morgan fingerprint density at radius 3 is 2.43 bits per heavy atom. The number of halogens is 2. The van der Waals surface area contributed by atoms with Crippen LogP contribution in [0.5, 0.6) is 0 Å². The summed E-state index contributed by atoms with van der Waals surface area (Å²) in [5.74, 6) is -1.62. The number of nitrogens with one attached hydrogen (secondary N) is 1. The zero-order chi connectivity index (χ0) is 24.7. The van der Waals surface area contributed by atoms with E-state index in [1.54, 1.807) is 44.2 Å². The van der Waals surface area contributed by atoms with Crippen LogP contribution in [0.4, 0.5) is 14.5 Å². The van der Waals surface area contributed by atoms with Gasteiger partial charge in [-0.2, -0.15) is 10.2 Å². The predicted octanol–water partition coefficient (Wildman–Crippen LogP) is 4.72. The second-order valence-corrected chi connectivity index (χ2v) is 8.08. The average Bonchev–Trinajstić information content (AvgIpc) is 3.43. The third-order valence-corrected chi connectivity index (χ3v) is 5.64. The molecule has 0 atom stereocenters. The monoisotopic (exact) mass is 473 g/mol. The molecule has 0 radical (unpaired) electrons. The number of aromatic nitrogens is 6. The van der Waals surface area contributed by atoms with Crippen LogP contribution in [-0.4, -0.2) is 35.4 Å². The minimum Gasteiger partial charge on any atom is -0.325 e. The normalized spacial score (nSPS) is 11.2. The summed E-state index contributed by atoms with van der Waals surface area (Å²) < 4.78 is 32.5. The number of anilines is 1. The van der Waals surface area contributed by atoms with Crippen LogP contribution in [0.3, 0.4) is 0 Å². The Morgan fingerprint density at radius 1 is 0.971 bits per heavy atom. The second kappa shape index (κ2) is 8.71. The van der Waals surface area contributed by atoms with Crippen molar-refractivity contribution in [3.8, 4) is 33.8 Å². The van der Waals surface area contributed by atoms with Gasteiger partial charge in [-0.3, -0.25) is 14.2 Å². The molecule has 35 heavy (non-hydrogen) atoms. The molecule has 10 heteroatoms. The zero-order valence-electron chi connectivity index (χ0n) is 19.3. The molecule has 0 saturated carbocycles. The smallest absolute Gasteiger partial charge is 0.224 e. The summed E-state index contributed by atoms with van der Waals surface area (Å²) in [5.41, 5.74) is 3.21. The fourth-order valence-corrected chi connectivity index (χ4v) is 4.00. The number of hydrogen-bond acceptors (Lipinski definition) is 5. The topological polar surface area (TPSA) is 90.5 Å². The third kappa shape index (κ3) is 4.03. The Balaban J connectivity index is 1.77. The van der Waals surface area contributed by atoms with E-state index in [1.165, 1.54) is 29.2 Å². The maximum atomic E-state index is 14.7. The summed E-state index contributed by atoms with van der Waals surface area (Å²) in [5, 5.41) is 12.3. The zero-order valence-corrected chi connectivity index (χ0v) is 19.3. The molecule has 5 aromatic rings. The SMILES string of the molecule is CCC(=O)Nc1cc2c(-c3cn(C)nc3-c3c(F)cccc3F)ncnc2cc1-c1ccn(C)n1. The number of rotatable bonds is 5. The Morgan fingerprint density at radius 2 is 1.74 bits per heavy atom. The molecule has 5 rings (SSSR count). The van der Waals surface area contributed by atoms with E-state index in [2.05, 4.69) is 25.5 Å². The average molecular weight is 473 g/mol. The van der Waals surface area contributed by atoms with Crippen molar-refractivity contribution in [3.05, 3.63) is 66.8 Å². The molecule has 3 heterocycles. The van der Waals surface area contributed by atoms with Crippen LogP contribution in [0.2, 0.25) is 0 Å². The van der Waals surface area contributed by atoms with Crippen LogP contribution in [0, 0.1) is 11.6 Å². The van der Waals surface area contributed by atoms with Gasteiger partial charge in [-0.25, -0.2) is 18.7 Å². The van der Waals surface area contributed by atoms with Crippen molar-refractivity contribution < 1.29 is 13.6 Å². The minimum atomic E-state index is -0.725. The molecule has 176 valence electrons. The lowest BCUT2D eigenvalue weighted by Gasteiger charge is -2.13. The Bertz CT molecular complexity index is 1570. The van der Waals surface area contributed by atoms with Gasteiger partial charge in [0, 0.05) is 49.4 Å². The van der Waals surface area contributed by atoms with E-state index in [4.69, 9.17) is 0 Å². The lowest BCUT2D eigenvalue weighted by atomic mass is 9.99. The Labute approximate surface area is 199 Å². The fraction of sp³-hybridized carbons (Fsp3) is 0.160. The van der Waals surface area contributed by atoms with Gasteiger partial charge < -0.3 is 5.32 Å². The van der Waals surface area contributed by atoms with Crippen LogP contribution in [-0.2, 0) is 18.9 Å². The van der Waals surface area contributed by atoms with E-state index in [1.807, 2.05) is 12.1 Å². The van der Waals surface area contributed by atoms with Crippen molar-refractivity contribution in [2.75, 3.05) is 5.32 Å². The summed E-state index contributed by atoms with van der Waals surface area (Å²) in [6.07, 6.45) is 5.14. The van der Waals surface area contributed by atoms with E-state index in [-0.39, 0.29) is 23.6 Å². The first-order chi connectivity index (χ1) is 16.9. The van der Waals surface area contributed by atoms with Gasteiger partial charge in [0.05, 0.1) is 28.2 Å². The highest BCUT2D eigenvalue weighted by Crippen LogP contribution is 2.38. The summed E-state index contributed by atoms with van der Waals surface area (Å²) in [7, 11) is 3.47. The molecule has 0 aliphatic heterocycles. The number of fused-ring (bicyclic) bond motifs is 1. The molecule has 8 nitrogen and oxygen atoms in total. The number of nitrogens with zero attached hydrogens (tertiary/aromatic N) is 6. The van der Waals surface area contributed by atoms with Gasteiger partial charge in [-0.05, 0) is 30.3 Å². The van der Waals surface area contributed by atoms with Gasteiger partial charge in [0.2, 0.25) is 5.91 Å². The highest BCUT2D eigenvalue weighted by Gasteiger charge is 2.23. The summed E-state index contributed by atoms with van der Waals surface area (Å²) in [4.78, 5) is 21.2. The van der Waals surface area contributed by atoms with Gasteiger partial charge in [0.25, 0.3) is 0 Å². The molecule has 0 fully saturated rings. The van der Waals surface area contributed by atoms with Gasteiger partial charge >= 0.3 is 0 Å². The van der Waals surface area contributed by atoms with E-state index < -0.39 is 11.6 Å². The number of carbonyl (C=O) groups excluding carboxylic acids is 1.